The van der Waals surface area contributed by atoms with E-state index >= 15 is 0 Å². The van der Waals surface area contributed by atoms with Gasteiger partial charge in [-0.25, -0.2) is 4.79 Å². The van der Waals surface area contributed by atoms with Gasteiger partial charge < -0.3 is 15.3 Å². The number of nitrogens with zero attached hydrogens (tertiary/aromatic N) is 1. The van der Waals surface area contributed by atoms with Crippen LogP contribution in [0.1, 0.15) is 19.8 Å². The van der Waals surface area contributed by atoms with Gasteiger partial charge in [0.2, 0.25) is 0 Å². The first-order chi connectivity index (χ1) is 7.18. The van der Waals surface area contributed by atoms with Crippen LogP contribution in [0.15, 0.2) is 12.2 Å². The summed E-state index contributed by atoms with van der Waals surface area (Å²) >= 11 is 0. The molecule has 0 radical (unpaired) electrons. The van der Waals surface area contributed by atoms with Crippen molar-refractivity contribution in [3.05, 3.63) is 12.2 Å². The number of aliphatic carboxylic acids is 1. The molecule has 1 aliphatic rings. The molecule has 1 rings (SSSR count). The Morgan fingerprint density at radius 1 is 1.53 bits per heavy atom. The average Bonchev–Trinajstić information content (AvgIpc) is 2.64. The zero-order chi connectivity index (χ0) is 11.1. The Morgan fingerprint density at radius 3 is 2.80 bits per heavy atom. The van der Waals surface area contributed by atoms with E-state index in [9.17, 15) is 4.79 Å². The maximum atomic E-state index is 10.2. The number of rotatable bonds is 6. The molecule has 0 spiro atoms. The van der Waals surface area contributed by atoms with E-state index in [1.807, 2.05) is 0 Å². The molecule has 4 nitrogen and oxygen atoms in total. The van der Waals surface area contributed by atoms with Crippen molar-refractivity contribution in [2.75, 3.05) is 26.2 Å². The summed E-state index contributed by atoms with van der Waals surface area (Å²) in [4.78, 5) is 12.6. The third-order valence-corrected chi connectivity index (χ3v) is 2.58. The monoisotopic (exact) mass is 212 g/mol. The third kappa shape index (κ3) is 5.54. The zero-order valence-corrected chi connectivity index (χ0v) is 9.28. The zero-order valence-electron chi connectivity index (χ0n) is 9.28. The molecule has 4 heteroatoms. The van der Waals surface area contributed by atoms with Gasteiger partial charge in [-0.15, -0.1) is 0 Å². The van der Waals surface area contributed by atoms with Gasteiger partial charge >= 0.3 is 5.97 Å². The first kappa shape index (κ1) is 12.2. The summed E-state index contributed by atoms with van der Waals surface area (Å²) in [6, 6.07) is 0.418. The van der Waals surface area contributed by atoms with E-state index in [1.165, 1.54) is 32.0 Å². The van der Waals surface area contributed by atoms with Crippen LogP contribution in [0.25, 0.3) is 0 Å². The third-order valence-electron chi connectivity index (χ3n) is 2.58. The number of carboxylic acid groups (broad SMARTS) is 1. The van der Waals surface area contributed by atoms with Crippen LogP contribution in [-0.2, 0) is 4.79 Å². The molecule has 2 N–H and O–H groups in total. The van der Waals surface area contributed by atoms with Crippen molar-refractivity contribution in [1.29, 1.82) is 0 Å². The molecule has 15 heavy (non-hydrogen) atoms. The SMILES string of the molecule is CC(CN1CCCC1)NC/C=C/C(=O)O. The minimum absolute atomic E-state index is 0.418. The van der Waals surface area contributed by atoms with Crippen molar-refractivity contribution in [2.24, 2.45) is 0 Å². The highest BCUT2D eigenvalue weighted by atomic mass is 16.4. The van der Waals surface area contributed by atoms with Crippen molar-refractivity contribution in [3.8, 4) is 0 Å². The van der Waals surface area contributed by atoms with Gasteiger partial charge in [0.15, 0.2) is 0 Å². The standard InChI is InChI=1S/C11H20N2O2/c1-10(9-13-7-2-3-8-13)12-6-4-5-11(14)15/h4-5,10,12H,2-3,6-9H2,1H3,(H,14,15)/b5-4+. The Hall–Kier alpha value is -0.870. The highest BCUT2D eigenvalue weighted by Gasteiger charge is 2.13. The Balaban J connectivity index is 2.07. The van der Waals surface area contributed by atoms with Crippen LogP contribution in [0.3, 0.4) is 0 Å². The highest BCUT2D eigenvalue weighted by molar-refractivity contribution is 5.79. The van der Waals surface area contributed by atoms with Gasteiger partial charge in [0.05, 0.1) is 0 Å². The summed E-state index contributed by atoms with van der Waals surface area (Å²) in [5.74, 6) is -0.885. The van der Waals surface area contributed by atoms with Crippen LogP contribution in [0.4, 0.5) is 0 Å². The first-order valence-corrected chi connectivity index (χ1v) is 5.53. The van der Waals surface area contributed by atoms with Crippen LogP contribution >= 0.6 is 0 Å². The molecule has 1 atom stereocenters. The van der Waals surface area contributed by atoms with E-state index in [2.05, 4.69) is 17.1 Å². The number of likely N-dealkylation sites (tertiary alicyclic amines) is 1. The molecule has 0 amide bonds. The fraction of sp³-hybridized carbons (Fsp3) is 0.727. The van der Waals surface area contributed by atoms with Crippen molar-refractivity contribution < 1.29 is 9.90 Å². The van der Waals surface area contributed by atoms with Crippen LogP contribution in [-0.4, -0.2) is 48.2 Å². The summed E-state index contributed by atoms with van der Waals surface area (Å²) in [7, 11) is 0. The van der Waals surface area contributed by atoms with Crippen molar-refractivity contribution >= 4 is 5.97 Å². The van der Waals surface area contributed by atoms with Gasteiger partial charge in [-0.3, -0.25) is 0 Å². The molecular formula is C11H20N2O2. The summed E-state index contributed by atoms with van der Waals surface area (Å²) in [6.45, 7) is 6.23. The molecule has 1 aliphatic heterocycles. The Bertz CT molecular complexity index is 223. The topological polar surface area (TPSA) is 52.6 Å². The lowest BCUT2D eigenvalue weighted by atomic mass is 10.3. The van der Waals surface area contributed by atoms with E-state index in [4.69, 9.17) is 5.11 Å². The fourth-order valence-electron chi connectivity index (χ4n) is 1.85. The molecule has 86 valence electrons. The molecule has 1 heterocycles. The maximum absolute atomic E-state index is 10.2. The first-order valence-electron chi connectivity index (χ1n) is 5.53. The minimum atomic E-state index is -0.885. The average molecular weight is 212 g/mol. The summed E-state index contributed by atoms with van der Waals surface area (Å²) in [5.41, 5.74) is 0. The molecule has 1 fully saturated rings. The number of hydrogen-bond donors (Lipinski definition) is 2. The van der Waals surface area contributed by atoms with Crippen LogP contribution < -0.4 is 5.32 Å². The van der Waals surface area contributed by atoms with Gasteiger partial charge in [-0.2, -0.15) is 0 Å². The Morgan fingerprint density at radius 2 is 2.20 bits per heavy atom. The molecule has 0 aliphatic carbocycles. The molecule has 0 bridgehead atoms. The number of carboxylic acids is 1. The lowest BCUT2D eigenvalue weighted by molar-refractivity contribution is -0.131. The molecule has 1 unspecified atom stereocenters. The van der Waals surface area contributed by atoms with E-state index < -0.39 is 5.97 Å². The fourth-order valence-corrected chi connectivity index (χ4v) is 1.85. The predicted octanol–water partition coefficient (Wildman–Crippen LogP) is 0.701. The molecule has 0 saturated carbocycles. The molecule has 0 aromatic heterocycles. The normalized spacial score (nSPS) is 19.8. The minimum Gasteiger partial charge on any atom is -0.478 e. The Kier molecular flexibility index (Phi) is 5.36. The van der Waals surface area contributed by atoms with Gasteiger partial charge in [0.1, 0.15) is 0 Å². The number of carbonyl (C=O) groups is 1. The lowest BCUT2D eigenvalue weighted by Crippen LogP contribution is -2.37. The van der Waals surface area contributed by atoms with Crippen LogP contribution in [0, 0.1) is 0 Å². The molecule has 1 saturated heterocycles. The summed E-state index contributed by atoms with van der Waals surface area (Å²) < 4.78 is 0. The van der Waals surface area contributed by atoms with Crippen molar-refractivity contribution in [2.45, 2.75) is 25.8 Å². The second-order valence-corrected chi connectivity index (χ2v) is 4.06. The van der Waals surface area contributed by atoms with Crippen LogP contribution in [0.5, 0.6) is 0 Å². The van der Waals surface area contributed by atoms with E-state index in [-0.39, 0.29) is 0 Å². The molecule has 0 aromatic rings. The van der Waals surface area contributed by atoms with E-state index in [1.54, 1.807) is 6.08 Å². The highest BCUT2D eigenvalue weighted by Crippen LogP contribution is 2.07. The van der Waals surface area contributed by atoms with Gasteiger partial charge in [-0.05, 0) is 32.9 Å². The lowest BCUT2D eigenvalue weighted by Gasteiger charge is -2.20. The second-order valence-electron chi connectivity index (χ2n) is 4.06. The van der Waals surface area contributed by atoms with Crippen LogP contribution in [0.2, 0.25) is 0 Å². The quantitative estimate of drug-likeness (QED) is 0.636. The summed E-state index contributed by atoms with van der Waals surface area (Å²) in [5, 5.41) is 11.7. The summed E-state index contributed by atoms with van der Waals surface area (Å²) in [6.07, 6.45) is 5.44. The number of hydrogen-bond acceptors (Lipinski definition) is 3. The molecular weight excluding hydrogens is 192 g/mol. The predicted molar refractivity (Wildman–Crippen MR) is 59.9 cm³/mol. The second kappa shape index (κ2) is 6.58. The Labute approximate surface area is 91.0 Å². The van der Waals surface area contributed by atoms with E-state index in [0.29, 0.717) is 12.6 Å². The molecule has 0 aromatic carbocycles. The van der Waals surface area contributed by atoms with Crippen molar-refractivity contribution in [3.63, 3.8) is 0 Å². The maximum Gasteiger partial charge on any atom is 0.328 e. The number of nitrogens with one attached hydrogen (secondary N) is 1. The van der Waals surface area contributed by atoms with Crippen molar-refractivity contribution in [1.82, 2.24) is 10.2 Å². The van der Waals surface area contributed by atoms with E-state index in [0.717, 1.165) is 6.54 Å². The van der Waals surface area contributed by atoms with Gasteiger partial charge in [0, 0.05) is 25.2 Å². The smallest absolute Gasteiger partial charge is 0.328 e. The largest absolute Gasteiger partial charge is 0.478 e. The van der Waals surface area contributed by atoms with Gasteiger partial charge in [0.25, 0.3) is 0 Å². The van der Waals surface area contributed by atoms with Gasteiger partial charge in [-0.1, -0.05) is 6.08 Å².